The van der Waals surface area contributed by atoms with Crippen LogP contribution in [0, 0.1) is 0 Å². The number of hydrogen-bond acceptors (Lipinski definition) is 6. The third-order valence-corrected chi connectivity index (χ3v) is 3.30. The minimum Gasteiger partial charge on any atom is -0.463 e. The van der Waals surface area contributed by atoms with Crippen molar-refractivity contribution < 1.29 is 28.6 Å². The minimum atomic E-state index is -0.940. The molecule has 25 heavy (non-hydrogen) atoms. The number of ether oxygens (including phenoxy) is 3. The van der Waals surface area contributed by atoms with Crippen molar-refractivity contribution in [2.75, 3.05) is 6.61 Å². The smallest absolute Gasteiger partial charge is 0.347 e. The van der Waals surface area contributed by atoms with Crippen LogP contribution >= 0.6 is 0 Å². The van der Waals surface area contributed by atoms with Crippen molar-refractivity contribution in [1.29, 1.82) is 0 Å². The fourth-order valence-electron chi connectivity index (χ4n) is 1.93. The van der Waals surface area contributed by atoms with Crippen LogP contribution in [0.2, 0.25) is 0 Å². The van der Waals surface area contributed by atoms with Gasteiger partial charge in [0.2, 0.25) is 0 Å². The van der Waals surface area contributed by atoms with Crippen molar-refractivity contribution in [3.05, 3.63) is 48.6 Å². The molecule has 0 aliphatic heterocycles. The molecule has 1 atom stereocenters. The van der Waals surface area contributed by atoms with Crippen LogP contribution in [0.5, 0.6) is 0 Å². The highest BCUT2D eigenvalue weighted by Gasteiger charge is 2.19. The molecule has 0 fully saturated rings. The summed E-state index contributed by atoms with van der Waals surface area (Å²) < 4.78 is 15.0. The lowest BCUT2D eigenvalue weighted by Crippen LogP contribution is -2.26. The number of esters is 3. The molecule has 0 N–H and O–H groups in total. The number of carbonyl (C=O) groups is 3. The molecule has 0 aliphatic rings. The Balaban J connectivity index is 2.13. The summed E-state index contributed by atoms with van der Waals surface area (Å²) in [7, 11) is 0. The average molecular weight is 348 g/mol. The summed E-state index contributed by atoms with van der Waals surface area (Å²) in [6.45, 7) is 5.22. The molecular formula is C19H24O6. The molecule has 1 rings (SSSR count). The summed E-state index contributed by atoms with van der Waals surface area (Å²) in [6.07, 6.45) is 2.33. The number of unbranched alkanes of at least 4 members (excludes halogenated alkanes) is 2. The van der Waals surface area contributed by atoms with Gasteiger partial charge in [-0.1, -0.05) is 36.9 Å². The predicted octanol–water partition coefficient (Wildman–Crippen LogP) is 2.95. The van der Waals surface area contributed by atoms with Crippen molar-refractivity contribution in [2.45, 2.75) is 45.3 Å². The molecule has 1 unspecified atom stereocenters. The summed E-state index contributed by atoms with van der Waals surface area (Å²) in [5.41, 5.74) is 0.867. The van der Waals surface area contributed by atoms with Gasteiger partial charge in [-0.2, -0.15) is 0 Å². The molecule has 0 amide bonds. The van der Waals surface area contributed by atoms with Crippen LogP contribution in [0.15, 0.2) is 43.0 Å². The molecule has 0 aliphatic carbocycles. The third kappa shape index (κ3) is 9.30. The van der Waals surface area contributed by atoms with Gasteiger partial charge in [0.05, 0.1) is 6.61 Å². The lowest BCUT2D eigenvalue weighted by molar-refractivity contribution is -0.167. The van der Waals surface area contributed by atoms with E-state index in [9.17, 15) is 14.4 Å². The van der Waals surface area contributed by atoms with Gasteiger partial charge in [-0.25, -0.2) is 9.59 Å². The molecule has 0 aromatic heterocycles. The zero-order chi connectivity index (χ0) is 18.5. The van der Waals surface area contributed by atoms with Gasteiger partial charge in [0.15, 0.2) is 6.10 Å². The van der Waals surface area contributed by atoms with Gasteiger partial charge in [0, 0.05) is 12.5 Å². The van der Waals surface area contributed by atoms with Crippen molar-refractivity contribution in [3.8, 4) is 0 Å². The average Bonchev–Trinajstić information content (AvgIpc) is 2.62. The second-order valence-corrected chi connectivity index (χ2v) is 5.41. The first-order valence-corrected chi connectivity index (χ1v) is 8.22. The summed E-state index contributed by atoms with van der Waals surface area (Å²) >= 11 is 0. The van der Waals surface area contributed by atoms with E-state index < -0.39 is 24.0 Å². The van der Waals surface area contributed by atoms with Crippen LogP contribution in [0.25, 0.3) is 0 Å². The monoisotopic (exact) mass is 348 g/mol. The first-order chi connectivity index (χ1) is 12.0. The van der Waals surface area contributed by atoms with E-state index in [4.69, 9.17) is 14.2 Å². The number of hydrogen-bond donors (Lipinski definition) is 0. The summed E-state index contributed by atoms with van der Waals surface area (Å²) in [4.78, 5) is 34.3. The van der Waals surface area contributed by atoms with E-state index >= 15 is 0 Å². The molecule has 6 nitrogen and oxygen atoms in total. The molecule has 0 heterocycles. The van der Waals surface area contributed by atoms with E-state index in [1.54, 1.807) is 0 Å². The molecule has 0 saturated heterocycles. The number of rotatable bonds is 11. The maximum Gasteiger partial charge on any atom is 0.347 e. The van der Waals surface area contributed by atoms with Crippen molar-refractivity contribution >= 4 is 17.9 Å². The van der Waals surface area contributed by atoms with Gasteiger partial charge < -0.3 is 14.2 Å². The van der Waals surface area contributed by atoms with Gasteiger partial charge in [0.25, 0.3) is 0 Å². The zero-order valence-corrected chi connectivity index (χ0v) is 14.4. The first kappa shape index (κ1) is 20.4. The van der Waals surface area contributed by atoms with Crippen LogP contribution < -0.4 is 0 Å². The number of carbonyl (C=O) groups excluding carboxylic acids is 3. The van der Waals surface area contributed by atoms with Gasteiger partial charge in [-0.05, 0) is 31.7 Å². The van der Waals surface area contributed by atoms with Crippen LogP contribution in [0.1, 0.15) is 38.2 Å². The van der Waals surface area contributed by atoms with Gasteiger partial charge in [0.1, 0.15) is 6.61 Å². The molecule has 0 radical (unpaired) electrons. The van der Waals surface area contributed by atoms with Gasteiger partial charge >= 0.3 is 17.9 Å². The van der Waals surface area contributed by atoms with E-state index in [0.717, 1.165) is 11.6 Å². The summed E-state index contributed by atoms with van der Waals surface area (Å²) in [6, 6.07) is 9.27. The van der Waals surface area contributed by atoms with Crippen LogP contribution in [-0.2, 0) is 35.2 Å². The Hall–Kier alpha value is -2.63. The van der Waals surface area contributed by atoms with Crippen LogP contribution in [0.3, 0.4) is 0 Å². The molecule has 6 heteroatoms. The number of benzene rings is 1. The predicted molar refractivity (Wildman–Crippen MR) is 91.4 cm³/mol. The molecule has 136 valence electrons. The normalized spacial score (nSPS) is 11.2. The first-order valence-electron chi connectivity index (χ1n) is 8.22. The fraction of sp³-hybridized carbons (Fsp3) is 0.421. The Morgan fingerprint density at radius 2 is 1.80 bits per heavy atom. The Morgan fingerprint density at radius 3 is 2.48 bits per heavy atom. The van der Waals surface area contributed by atoms with E-state index in [1.807, 2.05) is 30.3 Å². The second-order valence-electron chi connectivity index (χ2n) is 5.41. The molecular weight excluding hydrogens is 324 g/mol. The second kappa shape index (κ2) is 11.8. The molecule has 0 spiro atoms. The van der Waals surface area contributed by atoms with Gasteiger partial charge in [-0.3, -0.25) is 4.79 Å². The molecule has 0 bridgehead atoms. The lowest BCUT2D eigenvalue weighted by Gasteiger charge is -2.13. The Bertz CT molecular complexity index is 567. The molecule has 1 aromatic carbocycles. The summed E-state index contributed by atoms with van der Waals surface area (Å²) in [5.74, 6) is -1.48. The Morgan fingerprint density at radius 1 is 1.08 bits per heavy atom. The standard InChI is InChI=1S/C19H24O6/c1-3-17(20)23-13-9-5-8-12-18(21)25-15(2)19(22)24-14-16-10-6-4-7-11-16/h3-4,6-7,10-11,15H,1,5,8-9,12-14H2,2H3. The lowest BCUT2D eigenvalue weighted by atomic mass is 10.2. The topological polar surface area (TPSA) is 78.9 Å². The highest BCUT2D eigenvalue weighted by Crippen LogP contribution is 2.06. The van der Waals surface area contributed by atoms with Gasteiger partial charge in [-0.15, -0.1) is 0 Å². The largest absolute Gasteiger partial charge is 0.463 e. The molecule has 0 saturated carbocycles. The van der Waals surface area contributed by atoms with Crippen molar-refractivity contribution in [3.63, 3.8) is 0 Å². The van der Waals surface area contributed by atoms with Crippen molar-refractivity contribution in [1.82, 2.24) is 0 Å². The SMILES string of the molecule is C=CC(=O)OCCCCCC(=O)OC(C)C(=O)OCc1ccccc1. The van der Waals surface area contributed by atoms with Crippen LogP contribution in [-0.4, -0.2) is 30.6 Å². The maximum atomic E-state index is 11.8. The van der Waals surface area contributed by atoms with Crippen molar-refractivity contribution in [2.24, 2.45) is 0 Å². The Kier molecular flexibility index (Phi) is 9.67. The fourth-order valence-corrected chi connectivity index (χ4v) is 1.93. The van der Waals surface area contributed by atoms with E-state index in [0.29, 0.717) is 25.9 Å². The maximum absolute atomic E-state index is 11.8. The molecule has 1 aromatic rings. The minimum absolute atomic E-state index is 0.144. The third-order valence-electron chi connectivity index (χ3n) is 3.30. The van der Waals surface area contributed by atoms with Crippen LogP contribution in [0.4, 0.5) is 0 Å². The highest BCUT2D eigenvalue weighted by molar-refractivity contribution is 5.81. The van der Waals surface area contributed by atoms with E-state index in [2.05, 4.69) is 6.58 Å². The van der Waals surface area contributed by atoms with E-state index in [1.165, 1.54) is 6.92 Å². The summed E-state index contributed by atoms with van der Waals surface area (Å²) in [5, 5.41) is 0. The quantitative estimate of drug-likeness (QED) is 0.265. The highest BCUT2D eigenvalue weighted by atomic mass is 16.6. The van der Waals surface area contributed by atoms with E-state index in [-0.39, 0.29) is 13.0 Å². The zero-order valence-electron chi connectivity index (χ0n) is 14.4. The Labute approximate surface area is 147 Å².